The highest BCUT2D eigenvalue weighted by atomic mass is 15.3. The van der Waals surface area contributed by atoms with E-state index >= 15 is 0 Å². The monoisotopic (exact) mass is 155 g/mol. The fourth-order valence-corrected chi connectivity index (χ4v) is 0.829. The molecule has 3 heteroatoms. The van der Waals surface area contributed by atoms with Gasteiger partial charge >= 0.3 is 0 Å². The number of hydrogen-bond acceptors (Lipinski definition) is 1. The molecular weight excluding hydrogens is 138 g/mol. The maximum atomic E-state index is 4.29. The van der Waals surface area contributed by atoms with Crippen LogP contribution in [-0.2, 0) is 0 Å². The standard InChI is InChI=1S/C8H17N3/c1-6-7-9-8(10(2)3)11(4)5/h6H,1,7H2,2-5H3. The Kier molecular flexibility index (Phi) is 4.34. The molecular formula is C8H17N3. The maximum absolute atomic E-state index is 4.29. The average Bonchev–Trinajstić information content (AvgIpc) is 1.87. The van der Waals surface area contributed by atoms with Gasteiger partial charge in [0.05, 0.1) is 6.54 Å². The van der Waals surface area contributed by atoms with E-state index in [1.54, 1.807) is 6.08 Å². The molecule has 0 aromatic heterocycles. The predicted octanol–water partition coefficient (Wildman–Crippen LogP) is 0.652. The van der Waals surface area contributed by atoms with Crippen LogP contribution in [0.5, 0.6) is 0 Å². The fraction of sp³-hybridized carbons (Fsp3) is 0.625. The molecule has 0 spiro atoms. The zero-order valence-corrected chi connectivity index (χ0v) is 7.83. The summed E-state index contributed by atoms with van der Waals surface area (Å²) in [5.74, 6) is 0.963. The van der Waals surface area contributed by atoms with Gasteiger partial charge in [0, 0.05) is 28.2 Å². The Morgan fingerprint density at radius 3 is 2.00 bits per heavy atom. The number of rotatable bonds is 2. The van der Waals surface area contributed by atoms with Crippen molar-refractivity contribution in [2.45, 2.75) is 0 Å². The molecule has 64 valence electrons. The van der Waals surface area contributed by atoms with E-state index in [9.17, 15) is 0 Å². The van der Waals surface area contributed by atoms with Gasteiger partial charge in [0.2, 0.25) is 0 Å². The Morgan fingerprint density at radius 1 is 1.27 bits per heavy atom. The molecule has 0 saturated heterocycles. The van der Waals surface area contributed by atoms with Crippen molar-refractivity contribution in [3.8, 4) is 0 Å². The topological polar surface area (TPSA) is 18.8 Å². The van der Waals surface area contributed by atoms with E-state index in [1.165, 1.54) is 0 Å². The number of nitrogens with zero attached hydrogens (tertiary/aromatic N) is 3. The second kappa shape index (κ2) is 4.77. The largest absolute Gasteiger partial charge is 0.349 e. The molecule has 3 nitrogen and oxygen atoms in total. The molecule has 0 fully saturated rings. The van der Waals surface area contributed by atoms with E-state index in [-0.39, 0.29) is 0 Å². The maximum Gasteiger partial charge on any atom is 0.195 e. The van der Waals surface area contributed by atoms with Gasteiger partial charge in [-0.15, -0.1) is 6.58 Å². The summed E-state index contributed by atoms with van der Waals surface area (Å²) in [6.45, 7) is 4.28. The third-order valence-corrected chi connectivity index (χ3v) is 1.16. The molecule has 0 atom stereocenters. The van der Waals surface area contributed by atoms with E-state index < -0.39 is 0 Å². The summed E-state index contributed by atoms with van der Waals surface area (Å²) in [6, 6.07) is 0. The van der Waals surface area contributed by atoms with Crippen molar-refractivity contribution in [1.82, 2.24) is 9.80 Å². The van der Waals surface area contributed by atoms with Crippen molar-refractivity contribution < 1.29 is 0 Å². The molecule has 0 aromatic carbocycles. The molecule has 0 unspecified atom stereocenters. The highest BCUT2D eigenvalue weighted by Gasteiger charge is 2.01. The first-order valence-corrected chi connectivity index (χ1v) is 3.59. The third kappa shape index (κ3) is 3.65. The Bertz CT molecular complexity index is 137. The van der Waals surface area contributed by atoms with Gasteiger partial charge in [-0.05, 0) is 0 Å². The lowest BCUT2D eigenvalue weighted by molar-refractivity contribution is 0.481. The Morgan fingerprint density at radius 2 is 1.73 bits per heavy atom. The normalized spacial score (nSPS) is 8.73. The zero-order valence-electron chi connectivity index (χ0n) is 7.83. The van der Waals surface area contributed by atoms with Crippen LogP contribution in [0.1, 0.15) is 0 Å². The van der Waals surface area contributed by atoms with Crippen molar-refractivity contribution in [1.29, 1.82) is 0 Å². The fourth-order valence-electron chi connectivity index (χ4n) is 0.829. The summed E-state index contributed by atoms with van der Waals surface area (Å²) >= 11 is 0. The van der Waals surface area contributed by atoms with E-state index in [4.69, 9.17) is 0 Å². The summed E-state index contributed by atoms with van der Waals surface area (Å²) < 4.78 is 0. The van der Waals surface area contributed by atoms with Crippen molar-refractivity contribution in [2.75, 3.05) is 34.7 Å². The number of guanidine groups is 1. The minimum Gasteiger partial charge on any atom is -0.349 e. The summed E-state index contributed by atoms with van der Waals surface area (Å²) in [6.07, 6.45) is 1.78. The Labute approximate surface area is 69.0 Å². The zero-order chi connectivity index (χ0) is 8.85. The van der Waals surface area contributed by atoms with Crippen LogP contribution in [0.4, 0.5) is 0 Å². The van der Waals surface area contributed by atoms with Crippen LogP contribution < -0.4 is 0 Å². The van der Waals surface area contributed by atoms with E-state index in [1.807, 2.05) is 38.0 Å². The van der Waals surface area contributed by atoms with Crippen LogP contribution in [0.3, 0.4) is 0 Å². The Hall–Kier alpha value is -0.990. The van der Waals surface area contributed by atoms with Gasteiger partial charge in [-0.1, -0.05) is 6.08 Å². The van der Waals surface area contributed by atoms with Crippen molar-refractivity contribution in [3.05, 3.63) is 12.7 Å². The Balaban J connectivity index is 4.20. The molecule has 0 rings (SSSR count). The highest BCUT2D eigenvalue weighted by Crippen LogP contribution is 1.88. The lowest BCUT2D eigenvalue weighted by atomic mass is 10.6. The first kappa shape index (κ1) is 10.0. The highest BCUT2D eigenvalue weighted by molar-refractivity contribution is 5.79. The molecule has 0 radical (unpaired) electrons. The first-order chi connectivity index (χ1) is 5.09. The summed E-state index contributed by atoms with van der Waals surface area (Å²) in [5.41, 5.74) is 0. The second-order valence-electron chi connectivity index (χ2n) is 2.72. The molecule has 0 aromatic rings. The molecule has 0 N–H and O–H groups in total. The first-order valence-electron chi connectivity index (χ1n) is 3.59. The summed E-state index contributed by atoms with van der Waals surface area (Å²) in [7, 11) is 7.90. The van der Waals surface area contributed by atoms with Crippen molar-refractivity contribution >= 4 is 5.96 Å². The molecule has 0 aliphatic rings. The smallest absolute Gasteiger partial charge is 0.195 e. The van der Waals surface area contributed by atoms with Gasteiger partial charge in [-0.3, -0.25) is 0 Å². The van der Waals surface area contributed by atoms with Crippen LogP contribution in [0.25, 0.3) is 0 Å². The van der Waals surface area contributed by atoms with Gasteiger partial charge in [0.1, 0.15) is 0 Å². The van der Waals surface area contributed by atoms with E-state index in [0.717, 1.165) is 5.96 Å². The van der Waals surface area contributed by atoms with Crippen LogP contribution >= 0.6 is 0 Å². The third-order valence-electron chi connectivity index (χ3n) is 1.16. The summed E-state index contributed by atoms with van der Waals surface area (Å²) in [5, 5.41) is 0. The van der Waals surface area contributed by atoms with Gasteiger partial charge < -0.3 is 9.80 Å². The van der Waals surface area contributed by atoms with Crippen LogP contribution in [0.2, 0.25) is 0 Å². The minimum absolute atomic E-state index is 0.672. The average molecular weight is 155 g/mol. The molecule has 0 amide bonds. The van der Waals surface area contributed by atoms with Gasteiger partial charge in [0.15, 0.2) is 5.96 Å². The van der Waals surface area contributed by atoms with Gasteiger partial charge in [0.25, 0.3) is 0 Å². The quantitative estimate of drug-likeness (QED) is 0.331. The molecule has 0 bridgehead atoms. The lowest BCUT2D eigenvalue weighted by Gasteiger charge is -2.22. The van der Waals surface area contributed by atoms with Crippen molar-refractivity contribution in [3.63, 3.8) is 0 Å². The van der Waals surface area contributed by atoms with Crippen LogP contribution in [-0.4, -0.2) is 50.5 Å². The lowest BCUT2D eigenvalue weighted by Crippen LogP contribution is -2.35. The van der Waals surface area contributed by atoms with Gasteiger partial charge in [-0.25, -0.2) is 4.99 Å². The number of aliphatic imine (C=N–C) groups is 1. The van der Waals surface area contributed by atoms with Crippen molar-refractivity contribution in [2.24, 2.45) is 4.99 Å². The molecule has 0 saturated carbocycles. The number of hydrogen-bond donors (Lipinski definition) is 0. The SMILES string of the molecule is C=CCN=C(N(C)C)N(C)C. The van der Waals surface area contributed by atoms with Crippen LogP contribution in [0, 0.1) is 0 Å². The van der Waals surface area contributed by atoms with Gasteiger partial charge in [-0.2, -0.15) is 0 Å². The molecule has 0 heterocycles. The van der Waals surface area contributed by atoms with Crippen LogP contribution in [0.15, 0.2) is 17.6 Å². The van der Waals surface area contributed by atoms with E-state index in [2.05, 4.69) is 11.6 Å². The predicted molar refractivity (Wildman–Crippen MR) is 49.9 cm³/mol. The van der Waals surface area contributed by atoms with E-state index in [0.29, 0.717) is 6.54 Å². The minimum atomic E-state index is 0.672. The summed E-state index contributed by atoms with van der Waals surface area (Å²) in [4.78, 5) is 8.24. The second-order valence-corrected chi connectivity index (χ2v) is 2.72. The molecule has 0 aliphatic carbocycles. The molecule has 0 aliphatic heterocycles. The molecule has 11 heavy (non-hydrogen) atoms.